The number of carbonyl (C=O) groups is 3. The molecule has 170 valence electrons. The Hall–Kier alpha value is -4.01. The first-order valence-electron chi connectivity index (χ1n) is 9.62. The van der Waals surface area contributed by atoms with Crippen LogP contribution in [0.4, 0.5) is 0 Å². The van der Waals surface area contributed by atoms with E-state index in [4.69, 9.17) is 9.52 Å². The van der Waals surface area contributed by atoms with E-state index in [1.807, 2.05) is 4.72 Å². The summed E-state index contributed by atoms with van der Waals surface area (Å²) in [5.41, 5.74) is 0.625. The van der Waals surface area contributed by atoms with Gasteiger partial charge in [0.15, 0.2) is 0 Å². The Labute approximate surface area is 189 Å². The molecule has 0 aliphatic carbocycles. The number of β-amino-alcohol motifs (C(OH)–C–C–N with tert-alkyl or cyclic N) is 1. The highest BCUT2D eigenvalue weighted by Gasteiger charge is 2.35. The zero-order valence-corrected chi connectivity index (χ0v) is 18.5. The Bertz CT molecular complexity index is 1340. The lowest BCUT2D eigenvalue weighted by atomic mass is 9.95. The van der Waals surface area contributed by atoms with E-state index in [1.165, 1.54) is 37.3 Å². The van der Waals surface area contributed by atoms with E-state index in [-0.39, 0.29) is 33.9 Å². The number of sulfonamides is 1. The number of nitrogens with zero attached hydrogens (tertiary/aromatic N) is 2. The molecule has 0 unspecified atom stereocenters. The second kappa shape index (κ2) is 9.23. The van der Waals surface area contributed by atoms with Gasteiger partial charge in [-0.2, -0.15) is 5.26 Å². The normalized spacial score (nSPS) is 15.7. The second-order valence-corrected chi connectivity index (χ2v) is 8.73. The van der Waals surface area contributed by atoms with Crippen molar-refractivity contribution in [2.45, 2.75) is 18.7 Å². The van der Waals surface area contributed by atoms with Crippen molar-refractivity contribution in [3.63, 3.8) is 0 Å². The van der Waals surface area contributed by atoms with Gasteiger partial charge in [0, 0.05) is 18.1 Å². The van der Waals surface area contributed by atoms with Crippen molar-refractivity contribution in [3.05, 3.63) is 58.9 Å². The Morgan fingerprint density at radius 1 is 1.18 bits per heavy atom. The molecule has 0 radical (unpaired) electrons. The van der Waals surface area contributed by atoms with Crippen molar-refractivity contribution in [2.24, 2.45) is 0 Å². The molecular formula is C22H19N3O7S. The number of hydrogen-bond donors (Lipinski definition) is 2. The first kappa shape index (κ1) is 23.6. The van der Waals surface area contributed by atoms with Crippen molar-refractivity contribution >= 4 is 33.8 Å². The van der Waals surface area contributed by atoms with Gasteiger partial charge < -0.3 is 9.52 Å². The predicted octanol–water partition coefficient (Wildman–Crippen LogP) is 1.36. The van der Waals surface area contributed by atoms with Gasteiger partial charge in [0.05, 0.1) is 18.0 Å². The van der Waals surface area contributed by atoms with Gasteiger partial charge in [-0.1, -0.05) is 0 Å². The first-order chi connectivity index (χ1) is 15.6. The summed E-state index contributed by atoms with van der Waals surface area (Å²) in [4.78, 5) is 36.8. The topological polar surface area (TPSA) is 158 Å². The van der Waals surface area contributed by atoms with E-state index >= 15 is 0 Å². The molecule has 3 rings (SSSR count). The molecule has 10 nitrogen and oxygen atoms in total. The quantitative estimate of drug-likeness (QED) is 0.474. The zero-order chi connectivity index (χ0) is 24.3. The Morgan fingerprint density at radius 2 is 1.85 bits per heavy atom. The van der Waals surface area contributed by atoms with Crippen molar-refractivity contribution in [1.29, 1.82) is 5.26 Å². The average Bonchev–Trinajstić information content (AvgIpc) is 3.22. The molecule has 0 fully saturated rings. The van der Waals surface area contributed by atoms with Crippen LogP contribution < -0.4 is 4.72 Å². The van der Waals surface area contributed by atoms with Gasteiger partial charge in [0.25, 0.3) is 21.8 Å². The summed E-state index contributed by atoms with van der Waals surface area (Å²) >= 11 is 0. The Kier molecular flexibility index (Phi) is 6.62. The molecule has 0 atom stereocenters. The van der Waals surface area contributed by atoms with E-state index in [1.54, 1.807) is 18.2 Å². The number of rotatable bonds is 6. The van der Waals surface area contributed by atoms with Crippen LogP contribution in [-0.4, -0.2) is 49.3 Å². The summed E-state index contributed by atoms with van der Waals surface area (Å²) in [5.74, 6) is -1.49. The summed E-state index contributed by atoms with van der Waals surface area (Å²) in [7, 11) is -3.97. The molecule has 2 heterocycles. The lowest BCUT2D eigenvalue weighted by Gasteiger charge is -2.26. The van der Waals surface area contributed by atoms with Crippen LogP contribution in [0.1, 0.15) is 19.6 Å². The number of carbonyl (C=O) groups excluding carboxylic acids is 3. The molecule has 0 saturated heterocycles. The molecule has 1 aromatic heterocycles. The van der Waals surface area contributed by atoms with Crippen LogP contribution in [0.25, 0.3) is 17.4 Å². The molecule has 33 heavy (non-hydrogen) atoms. The number of nitriles is 1. The minimum Gasteiger partial charge on any atom is -0.457 e. The maximum absolute atomic E-state index is 12.7. The number of amides is 3. The van der Waals surface area contributed by atoms with E-state index in [2.05, 4.69) is 0 Å². The average molecular weight is 469 g/mol. The van der Waals surface area contributed by atoms with Gasteiger partial charge in [-0.05, 0) is 55.0 Å². The third-order valence-corrected chi connectivity index (χ3v) is 6.24. The SMILES string of the molecule is CC(=O)NS(=O)(=O)c1ccc(-c2ccc(/C=C3/C(=O)N(CCO)C(=O)C(C#N)=C3C)o2)cc1. The van der Waals surface area contributed by atoms with Gasteiger partial charge in [0.2, 0.25) is 5.91 Å². The van der Waals surface area contributed by atoms with Crippen LogP contribution >= 0.6 is 0 Å². The predicted molar refractivity (Wildman–Crippen MR) is 115 cm³/mol. The van der Waals surface area contributed by atoms with Crippen LogP contribution in [0.15, 0.2) is 62.4 Å². The highest BCUT2D eigenvalue weighted by molar-refractivity contribution is 7.90. The second-order valence-electron chi connectivity index (χ2n) is 7.04. The molecular weight excluding hydrogens is 450 g/mol. The minimum atomic E-state index is -3.97. The number of furan rings is 1. The lowest BCUT2D eigenvalue weighted by Crippen LogP contribution is -2.44. The van der Waals surface area contributed by atoms with Crippen molar-refractivity contribution in [1.82, 2.24) is 9.62 Å². The Balaban J connectivity index is 1.93. The minimum absolute atomic E-state index is 0.0808. The molecule has 0 saturated carbocycles. The molecule has 0 spiro atoms. The monoisotopic (exact) mass is 469 g/mol. The van der Waals surface area contributed by atoms with Crippen molar-refractivity contribution in [2.75, 3.05) is 13.2 Å². The van der Waals surface area contributed by atoms with Crippen LogP contribution in [0.5, 0.6) is 0 Å². The van der Waals surface area contributed by atoms with Gasteiger partial charge >= 0.3 is 0 Å². The fraction of sp³-hybridized carbons (Fsp3) is 0.182. The van der Waals surface area contributed by atoms with Crippen LogP contribution in [0.2, 0.25) is 0 Å². The van der Waals surface area contributed by atoms with Gasteiger partial charge in [-0.25, -0.2) is 13.1 Å². The summed E-state index contributed by atoms with van der Waals surface area (Å²) in [5, 5.41) is 18.5. The van der Waals surface area contributed by atoms with Crippen LogP contribution in [-0.2, 0) is 24.4 Å². The first-order valence-corrected chi connectivity index (χ1v) is 11.1. The van der Waals surface area contributed by atoms with Crippen LogP contribution in [0.3, 0.4) is 0 Å². The van der Waals surface area contributed by atoms with E-state index in [0.717, 1.165) is 11.8 Å². The molecule has 0 bridgehead atoms. The molecule has 2 N–H and O–H groups in total. The lowest BCUT2D eigenvalue weighted by molar-refractivity contribution is -0.141. The highest BCUT2D eigenvalue weighted by atomic mass is 32.2. The maximum Gasteiger partial charge on any atom is 0.271 e. The largest absolute Gasteiger partial charge is 0.457 e. The fourth-order valence-electron chi connectivity index (χ4n) is 3.21. The molecule has 2 aromatic rings. The van der Waals surface area contributed by atoms with Crippen molar-refractivity contribution < 1.29 is 32.3 Å². The number of benzene rings is 1. The highest BCUT2D eigenvalue weighted by Crippen LogP contribution is 2.29. The molecule has 3 amide bonds. The number of nitrogens with one attached hydrogen (secondary N) is 1. The summed E-state index contributed by atoms with van der Waals surface area (Å²) in [6.07, 6.45) is 1.39. The van der Waals surface area contributed by atoms with E-state index in [0.29, 0.717) is 11.3 Å². The standard InChI is InChI=1S/C22H19N3O7S/c1-13-18(21(28)25(9-10-26)22(29)19(13)12-23)11-16-5-8-20(32-16)15-3-6-17(7-4-15)33(30,31)24-14(2)27/h3-8,11,26H,9-10H2,1-2H3,(H,24,27)/b18-11+. The molecule has 1 aliphatic heterocycles. The molecule has 11 heteroatoms. The fourth-order valence-corrected chi connectivity index (χ4v) is 4.20. The smallest absolute Gasteiger partial charge is 0.271 e. The van der Waals surface area contributed by atoms with E-state index < -0.39 is 34.4 Å². The molecule has 1 aromatic carbocycles. The van der Waals surface area contributed by atoms with Crippen LogP contribution in [0, 0.1) is 11.3 Å². The third-order valence-electron chi connectivity index (χ3n) is 4.79. The summed E-state index contributed by atoms with van der Waals surface area (Å²) < 4.78 is 31.7. The van der Waals surface area contributed by atoms with Crippen molar-refractivity contribution in [3.8, 4) is 17.4 Å². The summed E-state index contributed by atoms with van der Waals surface area (Å²) in [6.45, 7) is 1.89. The number of aliphatic hydroxyl groups excluding tert-OH is 1. The number of imide groups is 1. The zero-order valence-electron chi connectivity index (χ0n) is 17.7. The summed E-state index contributed by atoms with van der Waals surface area (Å²) in [6, 6.07) is 10.6. The third kappa shape index (κ3) is 4.77. The van der Waals surface area contributed by atoms with Gasteiger partial charge in [0.1, 0.15) is 23.2 Å². The van der Waals surface area contributed by atoms with Gasteiger partial charge in [-0.3, -0.25) is 19.3 Å². The number of aliphatic hydroxyl groups is 1. The van der Waals surface area contributed by atoms with Gasteiger partial charge in [-0.15, -0.1) is 0 Å². The molecule has 1 aliphatic rings. The maximum atomic E-state index is 12.7. The number of hydrogen-bond acceptors (Lipinski definition) is 8. The Morgan fingerprint density at radius 3 is 2.42 bits per heavy atom. The van der Waals surface area contributed by atoms with E-state index in [9.17, 15) is 28.1 Å².